The molecular formula is C18H15NO2. The van der Waals surface area contributed by atoms with Crippen LogP contribution >= 0.6 is 0 Å². The van der Waals surface area contributed by atoms with Gasteiger partial charge in [0.15, 0.2) is 6.29 Å². The first-order valence-corrected chi connectivity index (χ1v) is 6.82. The van der Waals surface area contributed by atoms with Gasteiger partial charge in [-0.05, 0) is 18.1 Å². The zero-order valence-corrected chi connectivity index (χ0v) is 11.7. The van der Waals surface area contributed by atoms with E-state index < -0.39 is 5.78 Å². The quantitative estimate of drug-likeness (QED) is 0.416. The first kappa shape index (κ1) is 13.3. The number of nitrogens with zero attached hydrogens (tertiary/aromatic N) is 1. The normalized spacial score (nSPS) is 10.7. The Balaban J connectivity index is 2.20. The Morgan fingerprint density at radius 1 is 1.10 bits per heavy atom. The highest BCUT2D eigenvalue weighted by Crippen LogP contribution is 2.25. The summed E-state index contributed by atoms with van der Waals surface area (Å²) < 4.78 is 1.86. The number of fused-ring (bicyclic) bond motifs is 1. The lowest BCUT2D eigenvalue weighted by Gasteiger charge is -2.07. The van der Waals surface area contributed by atoms with Crippen LogP contribution < -0.4 is 0 Å². The van der Waals surface area contributed by atoms with Crippen LogP contribution in [0.3, 0.4) is 0 Å². The first-order chi connectivity index (χ1) is 10.2. The van der Waals surface area contributed by atoms with Crippen LogP contribution in [0.5, 0.6) is 0 Å². The van der Waals surface area contributed by atoms with E-state index in [9.17, 15) is 9.59 Å². The number of carbonyl (C=O) groups excluding carboxylic acids is 2. The molecule has 0 aliphatic carbocycles. The summed E-state index contributed by atoms with van der Waals surface area (Å²) in [5.41, 5.74) is 2.57. The van der Waals surface area contributed by atoms with Crippen molar-refractivity contribution in [1.82, 2.24) is 4.57 Å². The predicted octanol–water partition coefficient (Wildman–Crippen LogP) is 3.38. The van der Waals surface area contributed by atoms with Gasteiger partial charge in [-0.15, -0.1) is 0 Å². The number of ketones is 1. The Bertz CT molecular complexity index is 816. The van der Waals surface area contributed by atoms with E-state index in [1.807, 2.05) is 66.2 Å². The summed E-state index contributed by atoms with van der Waals surface area (Å²) in [6, 6.07) is 15.8. The molecule has 3 aromatic rings. The van der Waals surface area contributed by atoms with Crippen molar-refractivity contribution in [3.8, 4) is 0 Å². The zero-order valence-electron chi connectivity index (χ0n) is 11.7. The van der Waals surface area contributed by atoms with Gasteiger partial charge in [0.1, 0.15) is 5.69 Å². The molecule has 0 bridgehead atoms. The third kappa shape index (κ3) is 2.38. The largest absolute Gasteiger partial charge is 0.339 e. The molecule has 0 spiro atoms. The Kier molecular flexibility index (Phi) is 3.40. The van der Waals surface area contributed by atoms with Crippen LogP contribution in [-0.4, -0.2) is 16.6 Å². The number of benzene rings is 2. The van der Waals surface area contributed by atoms with Gasteiger partial charge in [-0.3, -0.25) is 9.59 Å². The third-order valence-electron chi connectivity index (χ3n) is 3.66. The number of aldehydes is 1. The molecule has 0 aliphatic rings. The minimum absolute atomic E-state index is 0.392. The fourth-order valence-electron chi connectivity index (χ4n) is 2.72. The molecule has 0 aliphatic heterocycles. The second kappa shape index (κ2) is 5.37. The minimum atomic E-state index is -0.477. The smallest absolute Gasteiger partial charge is 0.242 e. The molecule has 0 amide bonds. The Labute approximate surface area is 122 Å². The molecule has 3 rings (SSSR count). The molecule has 1 heterocycles. The zero-order chi connectivity index (χ0) is 14.8. The van der Waals surface area contributed by atoms with Crippen LogP contribution in [0.4, 0.5) is 0 Å². The second-order valence-corrected chi connectivity index (χ2v) is 5.11. The molecule has 0 radical (unpaired) electrons. The van der Waals surface area contributed by atoms with E-state index in [1.165, 1.54) is 0 Å². The van der Waals surface area contributed by atoms with Crippen LogP contribution in [0.2, 0.25) is 0 Å². The van der Waals surface area contributed by atoms with Gasteiger partial charge < -0.3 is 4.57 Å². The third-order valence-corrected chi connectivity index (χ3v) is 3.66. The number of hydrogen-bond donors (Lipinski definition) is 0. The van der Waals surface area contributed by atoms with Crippen molar-refractivity contribution in [3.63, 3.8) is 0 Å². The molecule has 1 aromatic heterocycles. The standard InChI is InChI=1S/C18H15NO2/c1-13-6-5-9-15-11-19(10-14-7-3-2-4-8-14)18(17(13)15)16(21)12-20/h2-9,11-12H,10H2,1H3. The van der Waals surface area contributed by atoms with Crippen molar-refractivity contribution in [3.05, 3.63) is 71.5 Å². The molecule has 2 aromatic carbocycles. The lowest BCUT2D eigenvalue weighted by atomic mass is 10.1. The van der Waals surface area contributed by atoms with Gasteiger partial charge in [-0.2, -0.15) is 0 Å². The van der Waals surface area contributed by atoms with E-state index in [4.69, 9.17) is 0 Å². The molecule has 0 saturated carbocycles. The number of Topliss-reactive ketones (excluding diaryl/α,β-unsaturated/α-hetero) is 1. The maximum atomic E-state index is 12.1. The lowest BCUT2D eigenvalue weighted by molar-refractivity contribution is -0.104. The molecule has 21 heavy (non-hydrogen) atoms. The summed E-state index contributed by atoms with van der Waals surface area (Å²) in [6.45, 7) is 2.53. The van der Waals surface area contributed by atoms with Crippen LogP contribution in [-0.2, 0) is 11.3 Å². The van der Waals surface area contributed by atoms with Crippen molar-refractivity contribution < 1.29 is 9.59 Å². The molecule has 3 nitrogen and oxygen atoms in total. The van der Waals surface area contributed by atoms with Crippen molar-refractivity contribution in [2.24, 2.45) is 0 Å². The van der Waals surface area contributed by atoms with Gasteiger partial charge in [0.25, 0.3) is 0 Å². The van der Waals surface area contributed by atoms with Crippen molar-refractivity contribution in [2.45, 2.75) is 13.5 Å². The summed E-state index contributed by atoms with van der Waals surface area (Å²) in [5, 5.41) is 1.85. The monoisotopic (exact) mass is 277 g/mol. The minimum Gasteiger partial charge on any atom is -0.339 e. The Morgan fingerprint density at radius 3 is 2.57 bits per heavy atom. The Hall–Kier alpha value is -2.68. The average Bonchev–Trinajstić information content (AvgIpc) is 2.87. The molecule has 0 N–H and O–H groups in total. The average molecular weight is 277 g/mol. The van der Waals surface area contributed by atoms with Crippen LogP contribution in [0, 0.1) is 6.92 Å². The molecular weight excluding hydrogens is 262 g/mol. The van der Waals surface area contributed by atoms with E-state index in [0.717, 1.165) is 21.9 Å². The van der Waals surface area contributed by atoms with Gasteiger partial charge in [-0.1, -0.05) is 48.5 Å². The molecule has 0 unspecified atom stereocenters. The highest BCUT2D eigenvalue weighted by atomic mass is 16.2. The van der Waals surface area contributed by atoms with Gasteiger partial charge >= 0.3 is 0 Å². The SMILES string of the molecule is Cc1cccc2cn(Cc3ccccc3)c(C(=O)C=O)c12. The predicted molar refractivity (Wildman–Crippen MR) is 82.6 cm³/mol. The van der Waals surface area contributed by atoms with E-state index >= 15 is 0 Å². The maximum absolute atomic E-state index is 12.1. The van der Waals surface area contributed by atoms with E-state index in [0.29, 0.717) is 18.5 Å². The highest BCUT2D eigenvalue weighted by Gasteiger charge is 2.17. The fraction of sp³-hybridized carbons (Fsp3) is 0.111. The molecule has 0 atom stereocenters. The van der Waals surface area contributed by atoms with E-state index in [1.54, 1.807) is 0 Å². The van der Waals surface area contributed by atoms with Gasteiger partial charge in [0.05, 0.1) is 0 Å². The van der Waals surface area contributed by atoms with Crippen molar-refractivity contribution in [2.75, 3.05) is 0 Å². The summed E-state index contributed by atoms with van der Waals surface area (Å²) in [5.74, 6) is -0.477. The number of carbonyl (C=O) groups is 2. The van der Waals surface area contributed by atoms with Gasteiger partial charge in [0.2, 0.25) is 5.78 Å². The second-order valence-electron chi connectivity index (χ2n) is 5.11. The van der Waals surface area contributed by atoms with E-state index in [2.05, 4.69) is 0 Å². The van der Waals surface area contributed by atoms with Crippen LogP contribution in [0.15, 0.2) is 54.7 Å². The lowest BCUT2D eigenvalue weighted by Crippen LogP contribution is -2.10. The molecule has 0 saturated heterocycles. The highest BCUT2D eigenvalue weighted by molar-refractivity contribution is 6.36. The number of hydrogen-bond acceptors (Lipinski definition) is 2. The van der Waals surface area contributed by atoms with Crippen LogP contribution in [0.1, 0.15) is 21.6 Å². The van der Waals surface area contributed by atoms with Crippen molar-refractivity contribution >= 4 is 22.8 Å². The summed E-state index contributed by atoms with van der Waals surface area (Å²) >= 11 is 0. The van der Waals surface area contributed by atoms with Crippen LogP contribution in [0.25, 0.3) is 10.8 Å². The van der Waals surface area contributed by atoms with Gasteiger partial charge in [-0.25, -0.2) is 0 Å². The Morgan fingerprint density at radius 2 is 1.86 bits per heavy atom. The summed E-state index contributed by atoms with van der Waals surface area (Å²) in [6.07, 6.45) is 2.33. The summed E-state index contributed by atoms with van der Waals surface area (Å²) in [4.78, 5) is 23.1. The van der Waals surface area contributed by atoms with E-state index in [-0.39, 0.29) is 0 Å². The molecule has 0 fully saturated rings. The first-order valence-electron chi connectivity index (χ1n) is 6.82. The molecule has 104 valence electrons. The van der Waals surface area contributed by atoms with Gasteiger partial charge in [0, 0.05) is 23.5 Å². The maximum Gasteiger partial charge on any atom is 0.242 e. The fourth-order valence-corrected chi connectivity index (χ4v) is 2.72. The van der Waals surface area contributed by atoms with Crippen molar-refractivity contribution in [1.29, 1.82) is 0 Å². The topological polar surface area (TPSA) is 39.1 Å². The number of rotatable bonds is 4. The number of aryl methyl sites for hydroxylation is 1. The number of aromatic nitrogens is 1. The summed E-state index contributed by atoms with van der Waals surface area (Å²) in [7, 11) is 0. The molecule has 3 heteroatoms.